The van der Waals surface area contributed by atoms with Gasteiger partial charge >= 0.3 is 0 Å². The van der Waals surface area contributed by atoms with Gasteiger partial charge in [0.25, 0.3) is 10.0 Å². The van der Waals surface area contributed by atoms with Crippen LogP contribution in [0.25, 0.3) is 0 Å². The molecule has 0 aromatic heterocycles. The Kier molecular flexibility index (Phi) is 3.49. The lowest BCUT2D eigenvalue weighted by molar-refractivity contribution is 0.598. The monoisotopic (exact) mass is 311 g/mol. The summed E-state index contributed by atoms with van der Waals surface area (Å²) in [5, 5.41) is 0. The highest BCUT2D eigenvalue weighted by Crippen LogP contribution is 2.26. The summed E-state index contributed by atoms with van der Waals surface area (Å²) < 4.78 is 25.5. The second kappa shape index (κ2) is 4.89. The minimum atomic E-state index is -3.54. The molecule has 2 rings (SSSR count). The van der Waals surface area contributed by atoms with Crippen LogP contribution in [0.3, 0.4) is 0 Å². The van der Waals surface area contributed by atoms with Crippen LogP contribution in [0.5, 0.6) is 0 Å². The van der Waals surface area contributed by atoms with Gasteiger partial charge in [0.2, 0.25) is 0 Å². The van der Waals surface area contributed by atoms with E-state index in [9.17, 15) is 8.42 Å². The molecular weight excluding hydrogens is 302 g/mol. The van der Waals surface area contributed by atoms with E-state index in [4.69, 9.17) is 0 Å². The molecule has 3 nitrogen and oxygen atoms in total. The van der Waals surface area contributed by atoms with Gasteiger partial charge < -0.3 is 0 Å². The SMILES string of the molecule is O=S(=O)(c1ccccc1)N(Br)c1ccccc1. The number of anilines is 1. The minimum Gasteiger partial charge on any atom is -0.200 e. The van der Waals surface area contributed by atoms with E-state index in [-0.39, 0.29) is 4.90 Å². The van der Waals surface area contributed by atoms with Crippen LogP contribution in [0.15, 0.2) is 65.6 Å². The molecule has 0 N–H and O–H groups in total. The van der Waals surface area contributed by atoms with Crippen LogP contribution in [-0.4, -0.2) is 8.42 Å². The summed E-state index contributed by atoms with van der Waals surface area (Å²) in [5.74, 6) is 0. The van der Waals surface area contributed by atoms with E-state index in [1.54, 1.807) is 54.6 Å². The Balaban J connectivity index is 2.41. The Labute approximate surface area is 109 Å². The lowest BCUT2D eigenvalue weighted by atomic mass is 10.3. The Hall–Kier alpha value is -1.33. The van der Waals surface area contributed by atoms with Crippen LogP contribution in [0, 0.1) is 0 Å². The molecule has 0 fully saturated rings. The van der Waals surface area contributed by atoms with Crippen molar-refractivity contribution in [3.05, 3.63) is 60.7 Å². The van der Waals surface area contributed by atoms with Crippen molar-refractivity contribution in [3.63, 3.8) is 0 Å². The second-order valence-electron chi connectivity index (χ2n) is 3.37. The van der Waals surface area contributed by atoms with Gasteiger partial charge in [0, 0.05) is 0 Å². The highest BCUT2D eigenvalue weighted by molar-refractivity contribution is 9.11. The number of nitrogens with zero attached hydrogens (tertiary/aromatic N) is 1. The van der Waals surface area contributed by atoms with Gasteiger partial charge in [-0.1, -0.05) is 36.4 Å². The first-order valence-corrected chi connectivity index (χ1v) is 7.08. The number of hydrogen-bond acceptors (Lipinski definition) is 2. The molecule has 88 valence electrons. The van der Waals surface area contributed by atoms with Gasteiger partial charge in [0.15, 0.2) is 0 Å². The predicted octanol–water partition coefficient (Wildman–Crippen LogP) is 3.19. The Bertz CT molecular complexity index is 584. The molecule has 5 heteroatoms. The number of para-hydroxylation sites is 1. The van der Waals surface area contributed by atoms with Crippen molar-refractivity contribution >= 4 is 31.9 Å². The summed E-state index contributed by atoms with van der Waals surface area (Å²) >= 11 is 3.09. The summed E-state index contributed by atoms with van der Waals surface area (Å²) in [6, 6.07) is 17.1. The summed E-state index contributed by atoms with van der Waals surface area (Å²) in [6.07, 6.45) is 0. The average molecular weight is 312 g/mol. The van der Waals surface area contributed by atoms with E-state index in [0.29, 0.717) is 5.69 Å². The standard InChI is InChI=1S/C12H10BrNO2S/c13-14(11-7-3-1-4-8-11)17(15,16)12-9-5-2-6-10-12/h1-10H. The van der Waals surface area contributed by atoms with Gasteiger partial charge in [-0.3, -0.25) is 0 Å². The summed E-state index contributed by atoms with van der Waals surface area (Å²) in [4.78, 5) is 0.251. The number of benzene rings is 2. The van der Waals surface area contributed by atoms with Crippen molar-refractivity contribution in [2.45, 2.75) is 4.90 Å². The lowest BCUT2D eigenvalue weighted by Crippen LogP contribution is -2.20. The van der Waals surface area contributed by atoms with E-state index in [1.165, 1.54) is 0 Å². The number of halogens is 1. The zero-order valence-corrected chi connectivity index (χ0v) is 11.2. The molecule has 0 aliphatic rings. The molecule has 2 aromatic carbocycles. The van der Waals surface area contributed by atoms with Crippen molar-refractivity contribution in [1.29, 1.82) is 0 Å². The van der Waals surface area contributed by atoms with Crippen molar-refractivity contribution < 1.29 is 8.42 Å². The van der Waals surface area contributed by atoms with Gasteiger partial charge in [0.1, 0.15) is 0 Å². The number of sulfonamides is 1. The van der Waals surface area contributed by atoms with E-state index in [0.717, 1.165) is 3.33 Å². The van der Waals surface area contributed by atoms with Crippen molar-refractivity contribution in [3.8, 4) is 0 Å². The van der Waals surface area contributed by atoms with E-state index >= 15 is 0 Å². The van der Waals surface area contributed by atoms with Crippen LogP contribution >= 0.6 is 16.1 Å². The normalized spacial score (nSPS) is 11.1. The van der Waals surface area contributed by atoms with E-state index in [1.807, 2.05) is 6.07 Å². The fourth-order valence-electron chi connectivity index (χ4n) is 1.37. The first-order chi connectivity index (χ1) is 8.12. The predicted molar refractivity (Wildman–Crippen MR) is 71.5 cm³/mol. The average Bonchev–Trinajstić information content (AvgIpc) is 2.40. The third kappa shape index (κ3) is 2.50. The molecule has 0 aliphatic heterocycles. The van der Waals surface area contributed by atoms with Crippen LogP contribution in [0.4, 0.5) is 5.69 Å². The van der Waals surface area contributed by atoms with Crippen LogP contribution in [0.2, 0.25) is 0 Å². The molecule has 17 heavy (non-hydrogen) atoms. The summed E-state index contributed by atoms with van der Waals surface area (Å²) in [6.45, 7) is 0. The minimum absolute atomic E-state index is 0.251. The van der Waals surface area contributed by atoms with Crippen LogP contribution in [0.1, 0.15) is 0 Å². The topological polar surface area (TPSA) is 37.4 Å². The van der Waals surface area contributed by atoms with Crippen molar-refractivity contribution in [1.82, 2.24) is 0 Å². The van der Waals surface area contributed by atoms with Crippen LogP contribution in [-0.2, 0) is 10.0 Å². The molecule has 0 saturated heterocycles. The first kappa shape index (κ1) is 12.1. The molecule has 0 radical (unpaired) electrons. The molecule has 0 aliphatic carbocycles. The molecule has 0 spiro atoms. The van der Waals surface area contributed by atoms with Gasteiger partial charge in [-0.05, 0) is 24.3 Å². The van der Waals surface area contributed by atoms with Gasteiger partial charge in [-0.2, -0.15) is 3.33 Å². The summed E-state index contributed by atoms with van der Waals surface area (Å²) in [5.41, 5.74) is 0.566. The zero-order chi connectivity index (χ0) is 12.3. The second-order valence-corrected chi connectivity index (χ2v) is 6.33. The van der Waals surface area contributed by atoms with E-state index in [2.05, 4.69) is 16.1 Å². The van der Waals surface area contributed by atoms with Gasteiger partial charge in [0.05, 0.1) is 26.7 Å². The fourth-order valence-corrected chi connectivity index (χ4v) is 3.19. The molecule has 0 atom stereocenters. The molecule has 0 saturated carbocycles. The molecule has 2 aromatic rings. The number of hydrogen-bond donors (Lipinski definition) is 0. The van der Waals surface area contributed by atoms with Crippen molar-refractivity contribution in [2.24, 2.45) is 0 Å². The Morgan fingerprint density at radius 1 is 0.824 bits per heavy atom. The van der Waals surface area contributed by atoms with Gasteiger partial charge in [-0.15, -0.1) is 0 Å². The first-order valence-electron chi connectivity index (χ1n) is 4.93. The highest BCUT2D eigenvalue weighted by Gasteiger charge is 2.22. The number of rotatable bonds is 3. The van der Waals surface area contributed by atoms with Crippen molar-refractivity contribution in [2.75, 3.05) is 3.33 Å². The zero-order valence-electron chi connectivity index (χ0n) is 8.82. The Morgan fingerprint density at radius 3 is 1.82 bits per heavy atom. The highest BCUT2D eigenvalue weighted by atomic mass is 79.9. The smallest absolute Gasteiger partial charge is 0.200 e. The van der Waals surface area contributed by atoms with Gasteiger partial charge in [-0.25, -0.2) is 8.42 Å². The third-order valence-electron chi connectivity index (χ3n) is 2.21. The molecule has 0 heterocycles. The largest absolute Gasteiger partial charge is 0.273 e. The maximum Gasteiger partial charge on any atom is 0.273 e. The molecule has 0 amide bonds. The third-order valence-corrected chi connectivity index (χ3v) is 5.27. The quantitative estimate of drug-likeness (QED) is 0.816. The van der Waals surface area contributed by atoms with Crippen LogP contribution < -0.4 is 3.33 Å². The molecular formula is C12H10BrNO2S. The maximum absolute atomic E-state index is 12.2. The fraction of sp³-hybridized carbons (Fsp3) is 0. The summed E-state index contributed by atoms with van der Waals surface area (Å²) in [7, 11) is -3.54. The molecule has 0 unspecified atom stereocenters. The molecule has 0 bridgehead atoms. The Morgan fingerprint density at radius 2 is 1.29 bits per heavy atom. The van der Waals surface area contributed by atoms with E-state index < -0.39 is 10.0 Å². The lowest BCUT2D eigenvalue weighted by Gasteiger charge is -2.16. The maximum atomic E-state index is 12.2.